The molecule has 3 atom stereocenters. The summed E-state index contributed by atoms with van der Waals surface area (Å²) >= 11 is 3.97. The number of nitrogens with one attached hydrogen (secondary N) is 1. The number of rotatable bonds is 8. The van der Waals surface area contributed by atoms with Gasteiger partial charge in [0, 0.05) is 22.7 Å². The van der Waals surface area contributed by atoms with E-state index in [-0.39, 0.29) is 16.9 Å². The third-order valence-corrected chi connectivity index (χ3v) is 7.54. The van der Waals surface area contributed by atoms with Crippen molar-refractivity contribution in [1.29, 1.82) is 0 Å². The third kappa shape index (κ3) is 5.12. The molecule has 33 heavy (non-hydrogen) atoms. The summed E-state index contributed by atoms with van der Waals surface area (Å²) in [4.78, 5) is 52.6. The summed E-state index contributed by atoms with van der Waals surface area (Å²) < 4.78 is 5.41. The van der Waals surface area contributed by atoms with Gasteiger partial charge in [-0.1, -0.05) is 16.9 Å². The fourth-order valence-electron chi connectivity index (χ4n) is 3.11. The van der Waals surface area contributed by atoms with Crippen LogP contribution in [0.1, 0.15) is 10.9 Å². The van der Waals surface area contributed by atoms with Crippen LogP contribution in [-0.2, 0) is 24.0 Å². The van der Waals surface area contributed by atoms with Crippen molar-refractivity contribution in [3.8, 4) is 0 Å². The second kappa shape index (κ2) is 10.2. The first-order valence-corrected chi connectivity index (χ1v) is 12.3. The van der Waals surface area contributed by atoms with Gasteiger partial charge in [0.05, 0.1) is 10.9 Å². The predicted molar refractivity (Wildman–Crippen MR) is 124 cm³/mol. The van der Waals surface area contributed by atoms with Crippen molar-refractivity contribution >= 4 is 64.0 Å². The molecule has 2 amide bonds. The van der Waals surface area contributed by atoms with Gasteiger partial charge in [0.2, 0.25) is 0 Å². The first-order valence-electron chi connectivity index (χ1n) is 9.46. The van der Waals surface area contributed by atoms with Gasteiger partial charge in [-0.2, -0.15) is 0 Å². The lowest BCUT2D eigenvalue weighted by atomic mass is 10.0. The SMILES string of the molecule is CO/N=C\C(=O)NC1C(=O)N2C(C(=O)OCSc3ccncc3)=CC(c3csc(N)n3)S[C@@H]12. The van der Waals surface area contributed by atoms with E-state index in [1.165, 1.54) is 46.9 Å². The number of thiazole rings is 1. The zero-order chi connectivity index (χ0) is 23.4. The Morgan fingerprint density at radius 3 is 2.88 bits per heavy atom. The molecule has 4 heterocycles. The molecule has 2 aliphatic rings. The number of β-lactam (4-membered cyclic amide) rings is 1. The molecule has 0 aromatic carbocycles. The Balaban J connectivity index is 1.50. The zero-order valence-corrected chi connectivity index (χ0v) is 19.6. The highest BCUT2D eigenvalue weighted by Crippen LogP contribution is 2.47. The number of oxime groups is 1. The van der Waals surface area contributed by atoms with E-state index in [9.17, 15) is 14.4 Å². The molecular weight excluding hydrogens is 488 g/mol. The highest BCUT2D eigenvalue weighted by molar-refractivity contribution is 8.00. The molecule has 11 nitrogen and oxygen atoms in total. The average molecular weight is 507 g/mol. The molecule has 4 rings (SSSR count). The number of esters is 1. The lowest BCUT2D eigenvalue weighted by Crippen LogP contribution is -2.70. The van der Waals surface area contributed by atoms with Gasteiger partial charge in [0.25, 0.3) is 11.8 Å². The van der Waals surface area contributed by atoms with E-state index in [1.54, 1.807) is 36.0 Å². The monoisotopic (exact) mass is 506 g/mol. The number of nitrogen functional groups attached to an aromatic ring is 1. The second-order valence-corrected chi connectivity index (χ2v) is 9.75. The van der Waals surface area contributed by atoms with Crippen molar-refractivity contribution in [3.63, 3.8) is 0 Å². The molecule has 172 valence electrons. The van der Waals surface area contributed by atoms with Gasteiger partial charge in [-0.25, -0.2) is 9.78 Å². The lowest BCUT2D eigenvalue weighted by Gasteiger charge is -2.49. The van der Waals surface area contributed by atoms with Crippen LogP contribution in [-0.4, -0.2) is 63.3 Å². The van der Waals surface area contributed by atoms with E-state index in [0.717, 1.165) is 11.1 Å². The fraction of sp³-hybridized carbons (Fsp3) is 0.263. The van der Waals surface area contributed by atoms with Crippen LogP contribution < -0.4 is 11.1 Å². The summed E-state index contributed by atoms with van der Waals surface area (Å²) in [7, 11) is 1.30. The summed E-state index contributed by atoms with van der Waals surface area (Å²) in [5.74, 6) is -1.60. The fourth-order valence-corrected chi connectivity index (χ4v) is 5.86. The molecule has 2 aromatic heterocycles. The molecule has 14 heteroatoms. The molecule has 2 aliphatic heterocycles. The number of hydrogen-bond donors (Lipinski definition) is 2. The number of fused-ring (bicyclic) bond motifs is 1. The van der Waals surface area contributed by atoms with Crippen LogP contribution >= 0.6 is 34.9 Å². The van der Waals surface area contributed by atoms with Crippen LogP contribution in [0.4, 0.5) is 5.13 Å². The maximum atomic E-state index is 12.9. The van der Waals surface area contributed by atoms with Crippen LogP contribution in [0, 0.1) is 0 Å². The molecule has 1 saturated heterocycles. The van der Waals surface area contributed by atoms with Gasteiger partial charge in [0.15, 0.2) is 5.13 Å². The molecule has 0 bridgehead atoms. The molecule has 2 aromatic rings. The molecule has 0 spiro atoms. The summed E-state index contributed by atoms with van der Waals surface area (Å²) in [6, 6.07) is 2.76. The summed E-state index contributed by atoms with van der Waals surface area (Å²) in [5.41, 5.74) is 6.53. The molecular formula is C19H18N6O5S3. The maximum absolute atomic E-state index is 12.9. The van der Waals surface area contributed by atoms with E-state index < -0.39 is 29.2 Å². The van der Waals surface area contributed by atoms with E-state index in [4.69, 9.17) is 10.5 Å². The maximum Gasteiger partial charge on any atom is 0.355 e. The number of aromatic nitrogens is 2. The number of pyridine rings is 1. The van der Waals surface area contributed by atoms with Gasteiger partial charge in [-0.3, -0.25) is 19.5 Å². The van der Waals surface area contributed by atoms with Crippen LogP contribution in [0.25, 0.3) is 0 Å². The van der Waals surface area contributed by atoms with Gasteiger partial charge in [-0.15, -0.1) is 23.1 Å². The zero-order valence-electron chi connectivity index (χ0n) is 17.1. The standard InChI is InChI=1S/C19H18N6O5S3/c1-29-22-7-14(26)24-15-16(27)25-12(18(28)30-9-32-10-2-4-21-5-3-10)6-13(33-17(15)25)11-8-31-19(20)23-11/h2-8,13,15,17H,9H2,1H3,(H2,20,23)(H,24,26)/b22-7-/t13?,15?,17-/m0/s1. The number of carbonyl (C=O) groups is 3. The Morgan fingerprint density at radius 1 is 1.39 bits per heavy atom. The molecule has 1 fully saturated rings. The van der Waals surface area contributed by atoms with E-state index in [0.29, 0.717) is 10.8 Å². The van der Waals surface area contributed by atoms with Crippen molar-refractivity contribution in [2.45, 2.75) is 21.6 Å². The topological polar surface area (TPSA) is 149 Å². The van der Waals surface area contributed by atoms with Gasteiger partial charge in [0.1, 0.15) is 36.4 Å². The minimum atomic E-state index is -0.841. The Labute approximate surface area is 200 Å². The van der Waals surface area contributed by atoms with Crippen molar-refractivity contribution in [1.82, 2.24) is 20.2 Å². The Hall–Kier alpha value is -3.10. The largest absolute Gasteiger partial charge is 0.450 e. The summed E-state index contributed by atoms with van der Waals surface area (Å²) in [6.45, 7) is 0. The molecule has 2 unspecified atom stereocenters. The quantitative estimate of drug-likeness (QED) is 0.134. The van der Waals surface area contributed by atoms with Crippen molar-refractivity contribution in [2.75, 3.05) is 18.8 Å². The number of nitrogens with zero attached hydrogens (tertiary/aromatic N) is 4. The third-order valence-electron chi connectivity index (χ3n) is 4.58. The van der Waals surface area contributed by atoms with Crippen LogP contribution in [0.5, 0.6) is 0 Å². The number of nitrogens with two attached hydrogens (primary N) is 1. The number of anilines is 1. The van der Waals surface area contributed by atoms with Gasteiger partial charge < -0.3 is 20.6 Å². The normalized spacial score (nSPS) is 21.7. The number of ether oxygens (including phenoxy) is 1. The van der Waals surface area contributed by atoms with Crippen molar-refractivity contribution < 1.29 is 24.0 Å². The van der Waals surface area contributed by atoms with Crippen LogP contribution in [0.15, 0.2) is 51.7 Å². The van der Waals surface area contributed by atoms with Crippen LogP contribution in [0.3, 0.4) is 0 Å². The predicted octanol–water partition coefficient (Wildman–Crippen LogP) is 1.37. The van der Waals surface area contributed by atoms with Crippen LogP contribution in [0.2, 0.25) is 0 Å². The molecule has 0 radical (unpaired) electrons. The van der Waals surface area contributed by atoms with Gasteiger partial charge >= 0.3 is 5.97 Å². The summed E-state index contributed by atoms with van der Waals surface area (Å²) in [6.07, 6.45) is 5.86. The van der Waals surface area contributed by atoms with E-state index >= 15 is 0 Å². The smallest absolute Gasteiger partial charge is 0.355 e. The second-order valence-electron chi connectivity index (χ2n) is 6.60. The minimum Gasteiger partial charge on any atom is -0.450 e. The number of thioether (sulfide) groups is 2. The first-order chi connectivity index (χ1) is 16.0. The van der Waals surface area contributed by atoms with Gasteiger partial charge in [-0.05, 0) is 18.2 Å². The Kier molecular flexibility index (Phi) is 7.15. The van der Waals surface area contributed by atoms with E-state index in [2.05, 4.69) is 25.3 Å². The minimum absolute atomic E-state index is 0.0575. The molecule has 3 N–H and O–H groups in total. The number of hydrogen-bond acceptors (Lipinski definition) is 12. The summed E-state index contributed by atoms with van der Waals surface area (Å²) in [5, 5.41) is 7.30. The number of amides is 2. The van der Waals surface area contributed by atoms with E-state index in [1.807, 2.05) is 0 Å². The molecule has 0 saturated carbocycles. The first kappa shape index (κ1) is 23.1. The lowest BCUT2D eigenvalue weighted by molar-refractivity contribution is -0.151. The number of carbonyl (C=O) groups excluding carboxylic acids is 3. The average Bonchev–Trinajstić information content (AvgIpc) is 3.27. The van der Waals surface area contributed by atoms with Crippen molar-refractivity contribution in [3.05, 3.63) is 47.4 Å². The molecule has 0 aliphatic carbocycles. The highest BCUT2D eigenvalue weighted by atomic mass is 32.2. The van der Waals surface area contributed by atoms with Crippen molar-refractivity contribution in [2.24, 2.45) is 5.16 Å². The highest BCUT2D eigenvalue weighted by Gasteiger charge is 2.54. The Bertz CT molecular complexity index is 1110. The Morgan fingerprint density at radius 2 is 2.18 bits per heavy atom.